The summed E-state index contributed by atoms with van der Waals surface area (Å²) in [4.78, 5) is 15.5. The van der Waals surface area contributed by atoms with Gasteiger partial charge in [0.25, 0.3) is 0 Å². The molecule has 0 aliphatic carbocycles. The lowest BCUT2D eigenvalue weighted by molar-refractivity contribution is -0.139. The maximum Gasteiger partial charge on any atom is 0.405 e. The Labute approximate surface area is 133 Å². The van der Waals surface area contributed by atoms with E-state index in [1.807, 2.05) is 34.5 Å². The van der Waals surface area contributed by atoms with Crippen LogP contribution in [0.1, 0.15) is 0 Å². The van der Waals surface area contributed by atoms with Gasteiger partial charge in [0.2, 0.25) is 5.91 Å². The Kier molecular flexibility index (Phi) is 5.70. The number of carbonyl (C=O) groups is 1. The minimum Gasteiger partial charge on any atom is -0.497 e. The lowest BCUT2D eigenvalue weighted by Gasteiger charge is -2.35. The largest absolute Gasteiger partial charge is 0.497 e. The Balaban J connectivity index is 1.78. The molecule has 0 aromatic heterocycles. The van der Waals surface area contributed by atoms with Crippen LogP contribution < -0.4 is 15.0 Å². The van der Waals surface area contributed by atoms with E-state index in [1.54, 1.807) is 7.11 Å². The Bertz CT molecular complexity index is 529. The number of hydrogen-bond donors (Lipinski definition) is 1. The summed E-state index contributed by atoms with van der Waals surface area (Å²) < 4.78 is 41.3. The molecule has 0 unspecified atom stereocenters. The lowest BCUT2D eigenvalue weighted by atomic mass is 10.2. The fourth-order valence-corrected chi connectivity index (χ4v) is 2.43. The van der Waals surface area contributed by atoms with Crippen LogP contribution in [0.25, 0.3) is 0 Å². The van der Waals surface area contributed by atoms with E-state index >= 15 is 0 Å². The minimum absolute atomic E-state index is 0.0119. The van der Waals surface area contributed by atoms with Crippen molar-refractivity contribution in [3.8, 4) is 5.75 Å². The average Bonchev–Trinajstić information content (AvgIpc) is 2.53. The molecule has 1 amide bonds. The number of benzene rings is 1. The summed E-state index contributed by atoms with van der Waals surface area (Å²) in [5, 5.41) is 1.89. The van der Waals surface area contributed by atoms with Crippen molar-refractivity contribution in [1.82, 2.24) is 10.2 Å². The molecule has 1 fully saturated rings. The van der Waals surface area contributed by atoms with E-state index < -0.39 is 18.6 Å². The molecule has 1 aromatic carbocycles. The first-order chi connectivity index (χ1) is 10.9. The second kappa shape index (κ2) is 7.54. The molecule has 1 saturated heterocycles. The van der Waals surface area contributed by atoms with Crippen molar-refractivity contribution in [2.45, 2.75) is 6.18 Å². The zero-order valence-corrected chi connectivity index (χ0v) is 12.9. The number of carbonyl (C=O) groups excluding carboxylic acids is 1. The third-order valence-corrected chi connectivity index (χ3v) is 3.64. The van der Waals surface area contributed by atoms with Crippen LogP contribution in [-0.2, 0) is 4.79 Å². The molecule has 8 heteroatoms. The Morgan fingerprint density at radius 2 is 1.96 bits per heavy atom. The van der Waals surface area contributed by atoms with Crippen LogP contribution in [0.4, 0.5) is 18.9 Å². The van der Waals surface area contributed by atoms with Gasteiger partial charge in [0.05, 0.1) is 13.7 Å². The maximum atomic E-state index is 12.1. The van der Waals surface area contributed by atoms with Crippen LogP contribution in [0.5, 0.6) is 5.75 Å². The number of halogens is 3. The van der Waals surface area contributed by atoms with E-state index in [1.165, 1.54) is 0 Å². The van der Waals surface area contributed by atoms with E-state index in [-0.39, 0.29) is 6.54 Å². The zero-order chi connectivity index (χ0) is 16.9. The summed E-state index contributed by atoms with van der Waals surface area (Å²) in [6.07, 6.45) is -4.37. The normalized spacial score (nSPS) is 16.3. The number of anilines is 1. The highest BCUT2D eigenvalue weighted by Gasteiger charge is 2.28. The molecule has 1 aliphatic rings. The SMILES string of the molecule is COc1cccc(N2CCN(CC(=O)NCC(F)(F)F)CC2)c1. The molecule has 2 rings (SSSR count). The molecule has 1 aromatic rings. The van der Waals surface area contributed by atoms with E-state index in [2.05, 4.69) is 4.90 Å². The Hall–Kier alpha value is -1.96. The summed E-state index contributed by atoms with van der Waals surface area (Å²) in [6, 6.07) is 7.69. The highest BCUT2D eigenvalue weighted by atomic mass is 19.4. The number of nitrogens with zero attached hydrogens (tertiary/aromatic N) is 2. The number of ether oxygens (including phenoxy) is 1. The highest BCUT2D eigenvalue weighted by molar-refractivity contribution is 5.78. The van der Waals surface area contributed by atoms with Crippen molar-refractivity contribution in [2.24, 2.45) is 0 Å². The topological polar surface area (TPSA) is 44.8 Å². The van der Waals surface area contributed by atoms with Gasteiger partial charge in [0, 0.05) is 37.9 Å². The van der Waals surface area contributed by atoms with Crippen LogP contribution in [-0.4, -0.2) is 63.4 Å². The average molecular weight is 331 g/mol. The molecule has 0 bridgehead atoms. The Morgan fingerprint density at radius 3 is 2.57 bits per heavy atom. The molecule has 1 N–H and O–H groups in total. The van der Waals surface area contributed by atoms with Gasteiger partial charge in [0.1, 0.15) is 12.3 Å². The number of piperazine rings is 1. The van der Waals surface area contributed by atoms with Crippen molar-refractivity contribution >= 4 is 11.6 Å². The number of amides is 1. The highest BCUT2D eigenvalue weighted by Crippen LogP contribution is 2.22. The molecule has 0 radical (unpaired) electrons. The number of rotatable bonds is 5. The predicted molar refractivity (Wildman–Crippen MR) is 80.7 cm³/mol. The number of methoxy groups -OCH3 is 1. The van der Waals surface area contributed by atoms with Gasteiger partial charge in [-0.3, -0.25) is 9.69 Å². The van der Waals surface area contributed by atoms with Crippen molar-refractivity contribution in [2.75, 3.05) is 51.3 Å². The molecule has 128 valence electrons. The van der Waals surface area contributed by atoms with Crippen LogP contribution in [0.3, 0.4) is 0 Å². The zero-order valence-electron chi connectivity index (χ0n) is 12.9. The van der Waals surface area contributed by atoms with Gasteiger partial charge >= 0.3 is 6.18 Å². The van der Waals surface area contributed by atoms with Crippen molar-refractivity contribution in [3.63, 3.8) is 0 Å². The minimum atomic E-state index is -4.37. The van der Waals surface area contributed by atoms with Gasteiger partial charge in [-0.2, -0.15) is 13.2 Å². The molecule has 1 aliphatic heterocycles. The van der Waals surface area contributed by atoms with Gasteiger partial charge in [-0.15, -0.1) is 0 Å². The van der Waals surface area contributed by atoms with E-state index in [0.29, 0.717) is 26.2 Å². The summed E-state index contributed by atoms with van der Waals surface area (Å²) in [5.41, 5.74) is 1.03. The van der Waals surface area contributed by atoms with Crippen LogP contribution in [0, 0.1) is 0 Å². The van der Waals surface area contributed by atoms with E-state index in [0.717, 1.165) is 11.4 Å². The fraction of sp³-hybridized carbons (Fsp3) is 0.533. The smallest absolute Gasteiger partial charge is 0.405 e. The molecule has 0 atom stereocenters. The molecule has 5 nitrogen and oxygen atoms in total. The van der Waals surface area contributed by atoms with Crippen LogP contribution in [0.15, 0.2) is 24.3 Å². The molecular weight excluding hydrogens is 311 g/mol. The van der Waals surface area contributed by atoms with Gasteiger partial charge in [0.15, 0.2) is 0 Å². The summed E-state index contributed by atoms with van der Waals surface area (Å²) >= 11 is 0. The van der Waals surface area contributed by atoms with Crippen LogP contribution >= 0.6 is 0 Å². The predicted octanol–water partition coefficient (Wildman–Crippen LogP) is 1.50. The van der Waals surface area contributed by atoms with Gasteiger partial charge < -0.3 is 15.0 Å². The molecule has 1 heterocycles. The van der Waals surface area contributed by atoms with Crippen molar-refractivity contribution in [3.05, 3.63) is 24.3 Å². The third kappa shape index (κ3) is 5.63. The first kappa shape index (κ1) is 17.4. The fourth-order valence-electron chi connectivity index (χ4n) is 2.43. The standard InChI is InChI=1S/C15H20F3N3O2/c1-23-13-4-2-3-12(9-13)21-7-5-20(6-8-21)10-14(22)19-11-15(16,17)18/h2-4,9H,5-8,10-11H2,1H3,(H,19,22). The first-order valence-electron chi connectivity index (χ1n) is 7.32. The van der Waals surface area contributed by atoms with Gasteiger partial charge in [-0.05, 0) is 12.1 Å². The van der Waals surface area contributed by atoms with E-state index in [9.17, 15) is 18.0 Å². The first-order valence-corrected chi connectivity index (χ1v) is 7.32. The van der Waals surface area contributed by atoms with Gasteiger partial charge in [-0.1, -0.05) is 6.07 Å². The summed E-state index contributed by atoms with van der Waals surface area (Å²) in [5.74, 6) is 0.175. The number of alkyl halides is 3. The van der Waals surface area contributed by atoms with Gasteiger partial charge in [-0.25, -0.2) is 0 Å². The maximum absolute atomic E-state index is 12.1. The van der Waals surface area contributed by atoms with Crippen LogP contribution in [0.2, 0.25) is 0 Å². The third-order valence-electron chi connectivity index (χ3n) is 3.64. The molecule has 23 heavy (non-hydrogen) atoms. The van der Waals surface area contributed by atoms with E-state index in [4.69, 9.17) is 4.74 Å². The summed E-state index contributed by atoms with van der Waals surface area (Å²) in [6.45, 7) is 1.37. The van der Waals surface area contributed by atoms with Crippen molar-refractivity contribution in [1.29, 1.82) is 0 Å². The van der Waals surface area contributed by atoms with Crippen molar-refractivity contribution < 1.29 is 22.7 Å². The second-order valence-electron chi connectivity index (χ2n) is 5.36. The molecule has 0 saturated carbocycles. The molecule has 0 spiro atoms. The monoisotopic (exact) mass is 331 g/mol. The summed E-state index contributed by atoms with van der Waals surface area (Å²) in [7, 11) is 1.61. The number of hydrogen-bond acceptors (Lipinski definition) is 4. The lowest BCUT2D eigenvalue weighted by Crippen LogP contribution is -2.50. The number of nitrogens with one attached hydrogen (secondary N) is 1. The molecular formula is C15H20F3N3O2. The Morgan fingerprint density at radius 1 is 1.26 bits per heavy atom. The second-order valence-corrected chi connectivity index (χ2v) is 5.36. The quantitative estimate of drug-likeness (QED) is 0.888.